The summed E-state index contributed by atoms with van der Waals surface area (Å²) in [6.07, 6.45) is 6.32. The van der Waals surface area contributed by atoms with Crippen LogP contribution in [0.1, 0.15) is 38.0 Å². The fourth-order valence-electron chi connectivity index (χ4n) is 3.24. The molecule has 2 aromatic heterocycles. The summed E-state index contributed by atoms with van der Waals surface area (Å²) in [5, 5.41) is 7.31. The molecule has 25 heavy (non-hydrogen) atoms. The van der Waals surface area contributed by atoms with Crippen LogP contribution in [-0.4, -0.2) is 41.0 Å². The van der Waals surface area contributed by atoms with Gasteiger partial charge in [-0.05, 0) is 37.3 Å². The number of likely N-dealkylation sites (tertiary alicyclic amines) is 1. The lowest BCUT2D eigenvalue weighted by Crippen LogP contribution is -2.42. The predicted molar refractivity (Wildman–Crippen MR) is 94.3 cm³/mol. The van der Waals surface area contributed by atoms with Crippen molar-refractivity contribution in [3.8, 4) is 0 Å². The minimum Gasteiger partial charge on any atom is -0.467 e. The Hall–Kier alpha value is -2.28. The Morgan fingerprint density at radius 3 is 3.12 bits per heavy atom. The molecule has 1 saturated heterocycles. The molecule has 1 N–H and O–H groups in total. The first-order valence-corrected chi connectivity index (χ1v) is 8.81. The summed E-state index contributed by atoms with van der Waals surface area (Å²) in [6, 6.07) is 5.47. The van der Waals surface area contributed by atoms with E-state index in [4.69, 9.17) is 9.15 Å². The number of hydrogen-bond donors (Lipinski definition) is 1. The second-order valence-corrected chi connectivity index (χ2v) is 6.59. The molecule has 0 aromatic carbocycles. The van der Waals surface area contributed by atoms with Crippen LogP contribution in [-0.2, 0) is 11.3 Å². The lowest BCUT2D eigenvalue weighted by molar-refractivity contribution is 0.129. The van der Waals surface area contributed by atoms with Gasteiger partial charge in [-0.3, -0.25) is 10.00 Å². The van der Waals surface area contributed by atoms with Crippen LogP contribution in [0.3, 0.4) is 0 Å². The van der Waals surface area contributed by atoms with E-state index in [1.807, 2.05) is 34.0 Å². The second kappa shape index (κ2) is 8.20. The normalized spacial score (nSPS) is 20.6. The number of nitrogens with one attached hydrogen (secondary N) is 1. The fourth-order valence-corrected chi connectivity index (χ4v) is 3.24. The number of aromatic nitrogens is 2. The largest absolute Gasteiger partial charge is 0.467 e. The van der Waals surface area contributed by atoms with E-state index in [0.717, 1.165) is 31.6 Å². The maximum atomic E-state index is 12.8. The highest BCUT2D eigenvalue weighted by Gasteiger charge is 2.33. The number of furan rings is 1. The van der Waals surface area contributed by atoms with Gasteiger partial charge in [-0.1, -0.05) is 6.92 Å². The monoisotopic (exact) mass is 346 g/mol. The third-order valence-electron chi connectivity index (χ3n) is 4.61. The Labute approximate surface area is 147 Å². The van der Waals surface area contributed by atoms with Gasteiger partial charge in [-0.2, -0.15) is 5.10 Å². The van der Waals surface area contributed by atoms with Gasteiger partial charge in [0.1, 0.15) is 5.76 Å². The molecular formula is C18H26N4O3. The summed E-state index contributed by atoms with van der Waals surface area (Å²) in [7, 11) is 1.68. The molecule has 3 heterocycles. The molecule has 1 aliphatic rings. The van der Waals surface area contributed by atoms with Crippen LogP contribution in [0.5, 0.6) is 0 Å². The smallest absolute Gasteiger partial charge is 0.323 e. The molecule has 2 aromatic rings. The number of carbonyl (C=O) groups excluding carboxylic acids is 1. The number of methoxy groups -OCH3 is 1. The lowest BCUT2D eigenvalue weighted by Gasteiger charge is -2.37. The van der Waals surface area contributed by atoms with Crippen molar-refractivity contribution in [2.75, 3.05) is 25.6 Å². The van der Waals surface area contributed by atoms with E-state index in [1.165, 1.54) is 0 Å². The Balaban J connectivity index is 1.63. The molecule has 0 unspecified atom stereocenters. The third kappa shape index (κ3) is 4.42. The molecule has 0 saturated carbocycles. The zero-order valence-corrected chi connectivity index (χ0v) is 14.9. The molecule has 2 amide bonds. The van der Waals surface area contributed by atoms with Crippen molar-refractivity contribution in [1.29, 1.82) is 0 Å². The first-order chi connectivity index (χ1) is 12.2. The van der Waals surface area contributed by atoms with Crippen molar-refractivity contribution < 1.29 is 13.9 Å². The number of urea groups is 1. The zero-order chi connectivity index (χ0) is 17.6. The van der Waals surface area contributed by atoms with Crippen LogP contribution in [0.25, 0.3) is 0 Å². The van der Waals surface area contributed by atoms with Crippen LogP contribution in [0.15, 0.2) is 35.1 Å². The molecule has 2 atom stereocenters. The number of anilines is 1. The molecule has 7 nitrogen and oxygen atoms in total. The lowest BCUT2D eigenvalue weighted by atomic mass is 9.91. The fraction of sp³-hybridized carbons (Fsp3) is 0.556. The first kappa shape index (κ1) is 17.5. The third-order valence-corrected chi connectivity index (χ3v) is 4.61. The molecule has 7 heteroatoms. The van der Waals surface area contributed by atoms with Crippen LogP contribution >= 0.6 is 0 Å². The van der Waals surface area contributed by atoms with Crippen molar-refractivity contribution in [3.63, 3.8) is 0 Å². The Kier molecular flexibility index (Phi) is 5.75. The number of aryl methyl sites for hydroxylation is 1. The summed E-state index contributed by atoms with van der Waals surface area (Å²) in [5.41, 5.74) is 0. The minimum atomic E-state index is -0.129. The average Bonchev–Trinajstić information content (AvgIpc) is 3.27. The Morgan fingerprint density at radius 1 is 1.48 bits per heavy atom. The summed E-state index contributed by atoms with van der Waals surface area (Å²) in [4.78, 5) is 14.6. The minimum absolute atomic E-state index is 0.0254. The van der Waals surface area contributed by atoms with E-state index in [2.05, 4.69) is 17.3 Å². The van der Waals surface area contributed by atoms with Crippen molar-refractivity contribution in [2.24, 2.45) is 5.92 Å². The van der Waals surface area contributed by atoms with Crippen LogP contribution in [0.4, 0.5) is 10.6 Å². The maximum absolute atomic E-state index is 12.8. The van der Waals surface area contributed by atoms with Gasteiger partial charge in [0.05, 0.1) is 12.3 Å². The van der Waals surface area contributed by atoms with Crippen molar-refractivity contribution in [1.82, 2.24) is 14.7 Å². The quantitative estimate of drug-likeness (QED) is 0.812. The molecule has 0 radical (unpaired) electrons. The molecule has 1 fully saturated rings. The van der Waals surface area contributed by atoms with Gasteiger partial charge in [0.25, 0.3) is 0 Å². The molecular weight excluding hydrogens is 320 g/mol. The molecule has 0 spiro atoms. The number of amides is 2. The number of carbonyl (C=O) groups is 1. The highest BCUT2D eigenvalue weighted by molar-refractivity contribution is 5.88. The SMILES string of the molecule is COCCCn1ccc(NC(=O)N2CC[C@H](C)C[C@@H]2c2ccco2)n1. The Morgan fingerprint density at radius 2 is 2.36 bits per heavy atom. The van der Waals surface area contributed by atoms with Crippen molar-refractivity contribution >= 4 is 11.8 Å². The van der Waals surface area contributed by atoms with E-state index in [-0.39, 0.29) is 12.1 Å². The van der Waals surface area contributed by atoms with Gasteiger partial charge in [0.15, 0.2) is 5.82 Å². The van der Waals surface area contributed by atoms with E-state index in [9.17, 15) is 4.79 Å². The highest BCUT2D eigenvalue weighted by atomic mass is 16.5. The van der Waals surface area contributed by atoms with Gasteiger partial charge in [0, 0.05) is 39.1 Å². The topological polar surface area (TPSA) is 72.5 Å². The number of rotatable bonds is 6. The van der Waals surface area contributed by atoms with Crippen LogP contribution in [0, 0.1) is 5.92 Å². The van der Waals surface area contributed by atoms with Gasteiger partial charge in [-0.15, -0.1) is 0 Å². The molecule has 0 aliphatic carbocycles. The van der Waals surface area contributed by atoms with E-state index >= 15 is 0 Å². The summed E-state index contributed by atoms with van der Waals surface area (Å²) in [6.45, 7) is 4.39. The van der Waals surface area contributed by atoms with Gasteiger partial charge in [-0.25, -0.2) is 4.79 Å². The summed E-state index contributed by atoms with van der Waals surface area (Å²) in [5.74, 6) is 1.98. The molecule has 0 bridgehead atoms. The van der Waals surface area contributed by atoms with Gasteiger partial charge in [0.2, 0.25) is 0 Å². The number of nitrogens with zero attached hydrogens (tertiary/aromatic N) is 3. The first-order valence-electron chi connectivity index (χ1n) is 8.81. The number of ether oxygens (including phenoxy) is 1. The zero-order valence-electron chi connectivity index (χ0n) is 14.9. The average molecular weight is 346 g/mol. The van der Waals surface area contributed by atoms with Gasteiger partial charge >= 0.3 is 6.03 Å². The number of hydrogen-bond acceptors (Lipinski definition) is 4. The van der Waals surface area contributed by atoms with Crippen molar-refractivity contribution in [2.45, 2.75) is 38.8 Å². The van der Waals surface area contributed by atoms with E-state index in [1.54, 1.807) is 13.4 Å². The van der Waals surface area contributed by atoms with Crippen LogP contribution in [0.2, 0.25) is 0 Å². The van der Waals surface area contributed by atoms with E-state index in [0.29, 0.717) is 24.9 Å². The summed E-state index contributed by atoms with van der Waals surface area (Å²) < 4.78 is 12.4. The Bertz CT molecular complexity index is 668. The second-order valence-electron chi connectivity index (χ2n) is 6.59. The van der Waals surface area contributed by atoms with E-state index < -0.39 is 0 Å². The molecule has 1 aliphatic heterocycles. The van der Waals surface area contributed by atoms with Gasteiger partial charge < -0.3 is 14.1 Å². The number of piperidine rings is 1. The van der Waals surface area contributed by atoms with Crippen molar-refractivity contribution in [3.05, 3.63) is 36.4 Å². The standard InChI is InChI=1S/C18H26N4O3/c1-14-6-10-22(15(13-14)16-5-3-12-25-16)18(23)19-17-7-9-21(20-17)8-4-11-24-2/h3,5,7,9,12,14-15H,4,6,8,10-11,13H2,1-2H3,(H,19,20,23)/t14-,15+/m0/s1. The maximum Gasteiger partial charge on any atom is 0.323 e. The summed E-state index contributed by atoms with van der Waals surface area (Å²) >= 11 is 0. The predicted octanol–water partition coefficient (Wildman–Crippen LogP) is 3.52. The molecule has 136 valence electrons. The highest BCUT2D eigenvalue weighted by Crippen LogP contribution is 2.34. The van der Waals surface area contributed by atoms with Crippen LogP contribution < -0.4 is 5.32 Å². The molecule has 3 rings (SSSR count).